The van der Waals surface area contributed by atoms with Crippen molar-refractivity contribution in [3.63, 3.8) is 0 Å². The number of hydroxylamine groups is 2. The second-order valence-corrected chi connectivity index (χ2v) is 14.9. The van der Waals surface area contributed by atoms with Crippen LogP contribution in [0.5, 0.6) is 0 Å². The molecule has 2 saturated heterocycles. The molecule has 0 radical (unpaired) electrons. The van der Waals surface area contributed by atoms with Crippen LogP contribution in [0.25, 0.3) is 0 Å². The van der Waals surface area contributed by atoms with Crippen molar-refractivity contribution in [2.45, 2.75) is 122 Å². The van der Waals surface area contributed by atoms with Gasteiger partial charge in [0, 0.05) is 11.8 Å². The molecule has 45 heavy (non-hydrogen) atoms. The van der Waals surface area contributed by atoms with E-state index in [1.165, 1.54) is 0 Å². The highest BCUT2D eigenvalue weighted by Gasteiger charge is 2.62. The molecule has 252 valence electrons. The maximum absolute atomic E-state index is 13.9. The van der Waals surface area contributed by atoms with E-state index < -0.39 is 71.8 Å². The van der Waals surface area contributed by atoms with E-state index in [0.29, 0.717) is 17.9 Å². The van der Waals surface area contributed by atoms with Crippen molar-refractivity contribution < 1.29 is 44.7 Å². The summed E-state index contributed by atoms with van der Waals surface area (Å²) in [7, 11) is 0. The SMILES string of the molecule is C/C=C(/C)[C@H](O)[C@H](O)[C@H]1[C@@H](O)[C@H](O)[C@@H](C)CCCC[C@@H]2O[C@@]2(C)[C@H]2C=C[C@H]3C[C@@H](C)C[C@@H](C)[C@H]3[C@@H]2/C(O)=C2/C(=O)CN1OC2=O. The van der Waals surface area contributed by atoms with Gasteiger partial charge in [-0.15, -0.1) is 5.06 Å². The second kappa shape index (κ2) is 13.2. The fourth-order valence-corrected chi connectivity index (χ4v) is 8.97. The van der Waals surface area contributed by atoms with Gasteiger partial charge in [0.1, 0.15) is 35.7 Å². The van der Waals surface area contributed by atoms with Gasteiger partial charge < -0.3 is 35.1 Å². The Hall–Kier alpha value is -2.08. The van der Waals surface area contributed by atoms with E-state index in [0.717, 1.165) is 37.2 Å². The predicted molar refractivity (Wildman–Crippen MR) is 166 cm³/mol. The van der Waals surface area contributed by atoms with Crippen LogP contribution in [-0.2, 0) is 19.2 Å². The summed E-state index contributed by atoms with van der Waals surface area (Å²) in [6.07, 6.45) is 4.64. The Bertz CT molecular complexity index is 1210. The smallest absolute Gasteiger partial charge is 0.364 e. The summed E-state index contributed by atoms with van der Waals surface area (Å²) in [6.45, 7) is 11.0. The summed E-state index contributed by atoms with van der Waals surface area (Å²) in [6, 6.07) is -1.52. The van der Waals surface area contributed by atoms with Gasteiger partial charge in [-0.3, -0.25) is 4.79 Å². The highest BCUT2D eigenvalue weighted by Crippen LogP contribution is 2.58. The first-order valence-electron chi connectivity index (χ1n) is 16.9. The monoisotopic (exact) mass is 631 g/mol. The zero-order valence-electron chi connectivity index (χ0n) is 27.5. The van der Waals surface area contributed by atoms with Gasteiger partial charge in [-0.05, 0) is 81.6 Å². The average Bonchev–Trinajstić information content (AvgIpc) is 3.66. The molecule has 2 aliphatic carbocycles. The number of ketones is 1. The molecule has 4 aliphatic heterocycles. The number of Topliss-reactive ketones (excluding diaryl/α,β-unsaturated/α-hetero) is 1. The van der Waals surface area contributed by atoms with Crippen molar-refractivity contribution in [1.29, 1.82) is 0 Å². The van der Waals surface area contributed by atoms with Crippen LogP contribution in [0.4, 0.5) is 0 Å². The van der Waals surface area contributed by atoms with Gasteiger partial charge in [0.05, 0.1) is 24.4 Å². The highest BCUT2D eigenvalue weighted by molar-refractivity contribution is 6.19. The Morgan fingerprint density at radius 1 is 1.04 bits per heavy atom. The normalized spacial score (nSPS) is 47.6. The van der Waals surface area contributed by atoms with E-state index in [-0.39, 0.29) is 35.5 Å². The van der Waals surface area contributed by atoms with Crippen molar-refractivity contribution in [2.24, 2.45) is 41.4 Å². The third-order valence-corrected chi connectivity index (χ3v) is 11.7. The molecule has 15 atom stereocenters. The summed E-state index contributed by atoms with van der Waals surface area (Å²) in [5.74, 6) is -2.34. The van der Waals surface area contributed by atoms with Crippen LogP contribution in [0.2, 0.25) is 0 Å². The molecule has 0 spiro atoms. The minimum atomic E-state index is -1.71. The first kappa shape index (κ1) is 34.3. The third kappa shape index (κ3) is 6.31. The molecule has 1 unspecified atom stereocenters. The number of rotatable bonds is 3. The van der Waals surface area contributed by atoms with Crippen molar-refractivity contribution in [3.8, 4) is 0 Å². The van der Waals surface area contributed by atoms with Gasteiger partial charge in [0.15, 0.2) is 5.78 Å². The molecule has 4 heterocycles. The molecule has 5 N–H and O–H groups in total. The number of hydrogen-bond acceptors (Lipinski definition) is 10. The minimum Gasteiger partial charge on any atom is -0.511 e. The molecule has 0 amide bonds. The second-order valence-electron chi connectivity index (χ2n) is 14.9. The molecule has 3 fully saturated rings. The number of carbonyl (C=O) groups is 2. The van der Waals surface area contributed by atoms with Gasteiger partial charge in [0.2, 0.25) is 0 Å². The number of aliphatic hydroxyl groups is 5. The van der Waals surface area contributed by atoms with Crippen LogP contribution < -0.4 is 0 Å². The number of ether oxygens (including phenoxy) is 1. The van der Waals surface area contributed by atoms with E-state index in [2.05, 4.69) is 32.9 Å². The van der Waals surface area contributed by atoms with Crippen molar-refractivity contribution >= 4 is 11.8 Å². The highest BCUT2D eigenvalue weighted by atomic mass is 16.7. The number of carbonyl (C=O) groups excluding carboxylic acids is 2. The summed E-state index contributed by atoms with van der Waals surface area (Å²) < 4.78 is 6.35. The lowest BCUT2D eigenvalue weighted by molar-refractivity contribution is -0.238. The Labute approximate surface area is 266 Å². The number of allylic oxidation sites excluding steroid dienone is 3. The molecule has 2 bridgehead atoms. The zero-order valence-corrected chi connectivity index (χ0v) is 27.5. The van der Waals surface area contributed by atoms with Crippen molar-refractivity contribution in [3.05, 3.63) is 35.1 Å². The van der Waals surface area contributed by atoms with Gasteiger partial charge in [-0.25, -0.2) is 4.79 Å². The first-order chi connectivity index (χ1) is 21.2. The van der Waals surface area contributed by atoms with Crippen LogP contribution in [0.15, 0.2) is 35.1 Å². The largest absolute Gasteiger partial charge is 0.511 e. The Morgan fingerprint density at radius 3 is 2.40 bits per heavy atom. The lowest BCUT2D eigenvalue weighted by Gasteiger charge is -2.48. The number of nitrogens with zero attached hydrogens (tertiary/aromatic N) is 1. The predicted octanol–water partition coefficient (Wildman–Crippen LogP) is 3.39. The zero-order chi connectivity index (χ0) is 33.0. The van der Waals surface area contributed by atoms with E-state index in [1.54, 1.807) is 26.8 Å². The number of epoxide rings is 1. The summed E-state index contributed by atoms with van der Waals surface area (Å²) in [5.41, 5.74) is -0.583. The van der Waals surface area contributed by atoms with Gasteiger partial charge >= 0.3 is 5.97 Å². The molecule has 1 saturated carbocycles. The molecule has 0 aromatic carbocycles. The number of fused-ring (bicyclic) bond motifs is 10. The Morgan fingerprint density at radius 2 is 1.73 bits per heavy atom. The van der Waals surface area contributed by atoms with Crippen LogP contribution in [0, 0.1) is 41.4 Å². The summed E-state index contributed by atoms with van der Waals surface area (Å²) >= 11 is 0. The molecule has 10 heteroatoms. The molecular formula is C35H53NO9. The Kier molecular flexibility index (Phi) is 10.1. The average molecular weight is 632 g/mol. The summed E-state index contributed by atoms with van der Waals surface area (Å²) in [4.78, 5) is 33.2. The topological polar surface area (TPSA) is 160 Å². The molecular weight excluding hydrogens is 578 g/mol. The fourth-order valence-electron chi connectivity index (χ4n) is 8.97. The standard InChI is InChI=1S/C35H53NO9/c1-7-18(3)29(38)32(41)28-33(42)30(39)19(4)10-8-9-11-24-35(6,44-24)22-13-12-21-15-17(2)14-20(5)25(21)26(22)31(40)27-23(37)16-36(28)45-34(27)43/h7,12-13,17,19-22,24-26,28-30,32-33,38-42H,8-11,14-16H2,1-6H3/b18-7-,31-27+/t17-,19-,20+,21-,22-,24-,25+,26+,28-,29-,30+,32+,33+,35-/m0/s1. The van der Waals surface area contributed by atoms with Gasteiger partial charge in [-0.2, -0.15) is 0 Å². The minimum absolute atomic E-state index is 0.00238. The lowest BCUT2D eigenvalue weighted by Crippen LogP contribution is -2.62. The van der Waals surface area contributed by atoms with Crippen LogP contribution in [-0.4, -0.2) is 91.1 Å². The van der Waals surface area contributed by atoms with Crippen molar-refractivity contribution in [2.75, 3.05) is 6.54 Å². The Balaban J connectivity index is 1.58. The van der Waals surface area contributed by atoms with Gasteiger partial charge in [-0.1, -0.05) is 51.8 Å². The van der Waals surface area contributed by atoms with E-state index in [1.807, 2.05) is 0 Å². The lowest BCUT2D eigenvalue weighted by atomic mass is 9.56. The maximum atomic E-state index is 13.9. The molecule has 10 nitrogen and oxygen atoms in total. The molecule has 0 aromatic rings. The number of hydrogen-bond donors (Lipinski definition) is 5. The fraction of sp³-hybridized carbons (Fsp3) is 0.771. The van der Waals surface area contributed by atoms with Crippen LogP contribution >= 0.6 is 0 Å². The third-order valence-electron chi connectivity index (χ3n) is 11.7. The van der Waals surface area contributed by atoms with E-state index >= 15 is 0 Å². The van der Waals surface area contributed by atoms with Gasteiger partial charge in [0.25, 0.3) is 0 Å². The summed E-state index contributed by atoms with van der Waals surface area (Å²) in [5, 5.41) is 57.7. The van der Waals surface area contributed by atoms with Crippen LogP contribution in [0.3, 0.4) is 0 Å². The maximum Gasteiger partial charge on any atom is 0.364 e. The van der Waals surface area contributed by atoms with Crippen LogP contribution in [0.1, 0.15) is 80.1 Å². The molecule has 0 aromatic heterocycles. The number of aliphatic hydroxyl groups excluding tert-OH is 5. The quantitative estimate of drug-likeness (QED) is 0.178. The molecule has 6 aliphatic rings. The van der Waals surface area contributed by atoms with E-state index in [9.17, 15) is 35.1 Å². The molecule has 6 rings (SSSR count). The van der Waals surface area contributed by atoms with Crippen molar-refractivity contribution in [1.82, 2.24) is 5.06 Å². The van der Waals surface area contributed by atoms with E-state index in [4.69, 9.17) is 9.57 Å². The first-order valence-corrected chi connectivity index (χ1v) is 16.9.